The van der Waals surface area contributed by atoms with Gasteiger partial charge in [-0.3, -0.25) is 14.4 Å². The Kier molecular flexibility index (Phi) is 10.2. The van der Waals surface area contributed by atoms with Crippen molar-refractivity contribution < 1.29 is 30.6 Å². The molecule has 9 rings (SSSR count). The van der Waals surface area contributed by atoms with E-state index in [1.807, 2.05) is 54.6 Å². The number of pyridine rings is 1. The Morgan fingerprint density at radius 3 is 1.98 bits per heavy atom. The van der Waals surface area contributed by atoms with Gasteiger partial charge in [0.05, 0.1) is 11.3 Å². The number of phenolic OH excluding ortho intramolecular Hbond substituents is 1. The second kappa shape index (κ2) is 15.1. The Morgan fingerprint density at radius 1 is 0.644 bits per heavy atom. The van der Waals surface area contributed by atoms with Crippen LogP contribution in [0.4, 0.5) is 0 Å². The van der Waals surface area contributed by atoms with Crippen molar-refractivity contribution in [2.45, 2.75) is 72.1 Å². The van der Waals surface area contributed by atoms with Crippen LogP contribution in [-0.2, 0) is 31.9 Å². The van der Waals surface area contributed by atoms with Gasteiger partial charge in [0.2, 0.25) is 5.78 Å². The molecule has 0 aliphatic carbocycles. The van der Waals surface area contributed by atoms with Crippen LogP contribution >= 0.6 is 0 Å². The molecule has 298 valence electrons. The largest absolute Gasteiger partial charge is 0.507 e. The standard InChI is InChI=1S/C52H47N4O2.Pt/c1-31(2)42-22-23-56-48(32-16-10-9-11-17-32)47(55-50(56)54-42)35-26-40-38-18-13-15-21-46(38)58-49(40)41(27-35)44-29-34(28-43(53-44)39-19-12-14-20-45(39)57)33-24-36(51(3,4)5)30-37(25-33)52(6,7)8;/h9-26,28-31,57H,1-8H3;/q-1;. The van der Waals surface area contributed by atoms with Crippen molar-refractivity contribution in [1.29, 1.82) is 0 Å². The Hall–Kier alpha value is -5.84. The minimum atomic E-state index is -0.0791. The van der Waals surface area contributed by atoms with Crippen molar-refractivity contribution in [2.24, 2.45) is 0 Å². The van der Waals surface area contributed by atoms with Crippen LogP contribution in [0.2, 0.25) is 0 Å². The third kappa shape index (κ3) is 7.40. The second-order valence-corrected chi connectivity index (χ2v) is 17.7. The van der Waals surface area contributed by atoms with Gasteiger partial charge in [0, 0.05) is 61.0 Å². The number of nitrogens with zero attached hydrogens (tertiary/aromatic N) is 4. The molecule has 0 fully saturated rings. The summed E-state index contributed by atoms with van der Waals surface area (Å²) < 4.78 is 8.80. The van der Waals surface area contributed by atoms with E-state index in [4.69, 9.17) is 19.4 Å². The molecule has 0 atom stereocenters. The number of hydrogen-bond acceptors (Lipinski definition) is 5. The predicted molar refractivity (Wildman–Crippen MR) is 237 cm³/mol. The number of fused-ring (bicyclic) bond motifs is 4. The zero-order chi connectivity index (χ0) is 40.5. The van der Waals surface area contributed by atoms with Crippen LogP contribution in [0.15, 0.2) is 132 Å². The van der Waals surface area contributed by atoms with Gasteiger partial charge in [-0.15, -0.1) is 12.1 Å². The minimum absolute atomic E-state index is 0. The van der Waals surface area contributed by atoms with E-state index in [-0.39, 0.29) is 43.6 Å². The van der Waals surface area contributed by atoms with E-state index in [1.165, 1.54) is 11.1 Å². The molecule has 0 saturated carbocycles. The van der Waals surface area contributed by atoms with Crippen LogP contribution in [0.5, 0.6) is 5.75 Å². The summed E-state index contributed by atoms with van der Waals surface area (Å²) in [7, 11) is 0. The first kappa shape index (κ1) is 40.0. The summed E-state index contributed by atoms with van der Waals surface area (Å²) in [6.07, 6.45) is 2.07. The van der Waals surface area contributed by atoms with Gasteiger partial charge < -0.3 is 9.52 Å². The van der Waals surface area contributed by atoms with E-state index in [0.29, 0.717) is 33.9 Å². The Balaban J connectivity index is 0.00000484. The van der Waals surface area contributed by atoms with Crippen LogP contribution in [0, 0.1) is 6.07 Å². The second-order valence-electron chi connectivity index (χ2n) is 17.7. The van der Waals surface area contributed by atoms with Crippen LogP contribution in [0.25, 0.3) is 83.9 Å². The maximum Gasteiger partial charge on any atom is 0.226 e. The fraction of sp³-hybridized carbons (Fsp3) is 0.212. The predicted octanol–water partition coefficient (Wildman–Crippen LogP) is 13.6. The quantitative estimate of drug-likeness (QED) is 0.168. The monoisotopic (exact) mass is 954 g/mol. The Morgan fingerprint density at radius 2 is 1.29 bits per heavy atom. The number of furan rings is 1. The van der Waals surface area contributed by atoms with E-state index in [1.54, 1.807) is 6.07 Å². The molecule has 0 aliphatic rings. The number of benzene rings is 5. The summed E-state index contributed by atoms with van der Waals surface area (Å²) in [5.41, 5.74) is 13.0. The fourth-order valence-corrected chi connectivity index (χ4v) is 7.71. The maximum absolute atomic E-state index is 11.2. The third-order valence-electron chi connectivity index (χ3n) is 11.1. The van der Waals surface area contributed by atoms with Crippen molar-refractivity contribution in [2.75, 3.05) is 0 Å². The minimum Gasteiger partial charge on any atom is -0.507 e. The molecule has 4 aromatic heterocycles. The van der Waals surface area contributed by atoms with E-state index in [0.717, 1.165) is 55.7 Å². The molecule has 9 aromatic rings. The van der Waals surface area contributed by atoms with E-state index < -0.39 is 0 Å². The summed E-state index contributed by atoms with van der Waals surface area (Å²) in [6, 6.07) is 45.0. The van der Waals surface area contributed by atoms with Crippen LogP contribution in [0.1, 0.15) is 78.1 Å². The van der Waals surface area contributed by atoms with Gasteiger partial charge in [-0.25, -0.2) is 4.98 Å². The van der Waals surface area contributed by atoms with Gasteiger partial charge in [-0.2, -0.15) is 0 Å². The molecule has 0 unspecified atom stereocenters. The average Bonchev–Trinajstić information content (AvgIpc) is 3.78. The molecule has 0 spiro atoms. The van der Waals surface area contributed by atoms with Gasteiger partial charge in [0.1, 0.15) is 11.3 Å². The van der Waals surface area contributed by atoms with Gasteiger partial charge in [-0.05, 0) is 80.3 Å². The van der Waals surface area contributed by atoms with Gasteiger partial charge >= 0.3 is 0 Å². The summed E-state index contributed by atoms with van der Waals surface area (Å²) in [5.74, 6) is 1.04. The number of phenols is 1. The van der Waals surface area contributed by atoms with Crippen molar-refractivity contribution in [1.82, 2.24) is 19.4 Å². The Labute approximate surface area is 360 Å². The van der Waals surface area contributed by atoms with E-state index in [2.05, 4.69) is 133 Å². The molecule has 0 amide bonds. The van der Waals surface area contributed by atoms with Crippen LogP contribution in [-0.4, -0.2) is 24.5 Å². The van der Waals surface area contributed by atoms with Crippen LogP contribution < -0.4 is 0 Å². The van der Waals surface area contributed by atoms with Crippen LogP contribution in [0.3, 0.4) is 0 Å². The summed E-state index contributed by atoms with van der Waals surface area (Å²) in [4.78, 5) is 15.6. The number of rotatable bonds is 6. The van der Waals surface area contributed by atoms with Gasteiger partial charge in [0.15, 0.2) is 0 Å². The Bertz CT molecular complexity index is 2990. The summed E-state index contributed by atoms with van der Waals surface area (Å²) >= 11 is 0. The zero-order valence-corrected chi connectivity index (χ0v) is 36.9. The van der Waals surface area contributed by atoms with Crippen molar-refractivity contribution >= 4 is 27.7 Å². The number of aromatic hydroxyl groups is 1. The molecule has 0 saturated heterocycles. The topological polar surface area (TPSA) is 76.5 Å². The molecule has 59 heavy (non-hydrogen) atoms. The SMILES string of the molecule is CC(C)c1ccn2c(-c3ccccc3)c(-c3[c-]c(-c4cc(-c5cc(C(C)(C)C)cc(C(C)(C)C)c5)cc(-c5ccccc5O)n4)c4oc5ccccc5c4c3)nc2n1.[Pt]. The normalized spacial score (nSPS) is 12.2. The first-order chi connectivity index (χ1) is 27.7. The zero-order valence-electron chi connectivity index (χ0n) is 34.7. The van der Waals surface area contributed by atoms with Crippen molar-refractivity contribution in [3.63, 3.8) is 0 Å². The number of para-hydroxylation sites is 2. The smallest absolute Gasteiger partial charge is 0.226 e. The first-order valence-electron chi connectivity index (χ1n) is 20.0. The summed E-state index contributed by atoms with van der Waals surface area (Å²) in [5, 5.41) is 13.2. The molecule has 1 N–H and O–H groups in total. The maximum atomic E-state index is 11.2. The molecule has 0 aliphatic heterocycles. The van der Waals surface area contributed by atoms with Gasteiger partial charge in [0.25, 0.3) is 0 Å². The first-order valence-corrected chi connectivity index (χ1v) is 20.0. The third-order valence-corrected chi connectivity index (χ3v) is 11.1. The average molecular weight is 955 g/mol. The van der Waals surface area contributed by atoms with Crippen molar-refractivity contribution in [3.8, 4) is 61.9 Å². The summed E-state index contributed by atoms with van der Waals surface area (Å²) in [6.45, 7) is 17.8. The van der Waals surface area contributed by atoms with Gasteiger partial charge in [-0.1, -0.05) is 151 Å². The molecular formula is C52H47N4O2Pt-. The van der Waals surface area contributed by atoms with E-state index in [9.17, 15) is 5.11 Å². The molecule has 0 radical (unpaired) electrons. The van der Waals surface area contributed by atoms with E-state index >= 15 is 0 Å². The number of imidazole rings is 1. The molecule has 6 nitrogen and oxygen atoms in total. The number of aromatic nitrogens is 4. The molecular weight excluding hydrogens is 908 g/mol. The number of hydrogen-bond donors (Lipinski definition) is 1. The fourth-order valence-electron chi connectivity index (χ4n) is 7.71. The molecule has 7 heteroatoms. The van der Waals surface area contributed by atoms with Crippen molar-refractivity contribution in [3.05, 3.63) is 150 Å². The molecule has 4 heterocycles. The molecule has 5 aromatic carbocycles. The molecule has 0 bridgehead atoms.